The molecule has 22 heavy (non-hydrogen) atoms. The van der Waals surface area contributed by atoms with Crippen molar-refractivity contribution in [3.8, 4) is 5.75 Å². The predicted octanol–water partition coefficient (Wildman–Crippen LogP) is 2.75. The molecule has 0 saturated heterocycles. The van der Waals surface area contributed by atoms with Crippen LogP contribution >= 0.6 is 0 Å². The molecule has 3 rings (SSSR count). The Morgan fingerprint density at radius 1 is 1.18 bits per heavy atom. The van der Waals surface area contributed by atoms with Gasteiger partial charge in [0, 0.05) is 41.6 Å². The predicted molar refractivity (Wildman–Crippen MR) is 84.2 cm³/mol. The Kier molecular flexibility index (Phi) is 3.67. The van der Waals surface area contributed by atoms with Crippen molar-refractivity contribution in [1.29, 1.82) is 0 Å². The van der Waals surface area contributed by atoms with Gasteiger partial charge < -0.3 is 9.15 Å². The summed E-state index contributed by atoms with van der Waals surface area (Å²) < 4.78 is 12.6. The second kappa shape index (κ2) is 5.64. The SMILES string of the molecule is COc1ccc2c(C[n+]3cccc(C)c3C)cc(=O)oc2c1. The molecule has 0 aliphatic carbocycles. The lowest BCUT2D eigenvalue weighted by atomic mass is 10.1. The Morgan fingerprint density at radius 3 is 2.77 bits per heavy atom. The van der Waals surface area contributed by atoms with E-state index in [1.54, 1.807) is 19.2 Å². The van der Waals surface area contributed by atoms with E-state index < -0.39 is 0 Å². The van der Waals surface area contributed by atoms with Gasteiger partial charge in [0.2, 0.25) is 0 Å². The number of ether oxygens (including phenoxy) is 1. The molecule has 0 amide bonds. The van der Waals surface area contributed by atoms with E-state index in [0.29, 0.717) is 17.9 Å². The third-order valence-corrected chi connectivity index (χ3v) is 3.99. The number of hydrogen-bond donors (Lipinski definition) is 0. The van der Waals surface area contributed by atoms with E-state index >= 15 is 0 Å². The van der Waals surface area contributed by atoms with E-state index in [0.717, 1.165) is 10.9 Å². The van der Waals surface area contributed by atoms with Crippen molar-refractivity contribution in [2.45, 2.75) is 20.4 Å². The minimum absolute atomic E-state index is 0.346. The first-order chi connectivity index (χ1) is 10.6. The summed E-state index contributed by atoms with van der Waals surface area (Å²) in [5.41, 5.74) is 3.54. The fourth-order valence-corrected chi connectivity index (χ4v) is 2.57. The van der Waals surface area contributed by atoms with E-state index in [1.807, 2.05) is 24.4 Å². The van der Waals surface area contributed by atoms with Crippen LogP contribution in [0.25, 0.3) is 11.0 Å². The zero-order valence-corrected chi connectivity index (χ0v) is 12.9. The molecule has 3 aromatic rings. The van der Waals surface area contributed by atoms with Crippen LogP contribution in [0.3, 0.4) is 0 Å². The van der Waals surface area contributed by atoms with Crippen LogP contribution < -0.4 is 14.9 Å². The lowest BCUT2D eigenvalue weighted by Gasteiger charge is -2.07. The summed E-state index contributed by atoms with van der Waals surface area (Å²) in [4.78, 5) is 11.8. The van der Waals surface area contributed by atoms with Crippen LogP contribution in [-0.4, -0.2) is 7.11 Å². The highest BCUT2D eigenvalue weighted by atomic mass is 16.5. The summed E-state index contributed by atoms with van der Waals surface area (Å²) in [6.07, 6.45) is 2.02. The lowest BCUT2D eigenvalue weighted by Crippen LogP contribution is -2.38. The highest BCUT2D eigenvalue weighted by Gasteiger charge is 2.14. The second-order valence-electron chi connectivity index (χ2n) is 5.36. The average Bonchev–Trinajstić information content (AvgIpc) is 2.51. The van der Waals surface area contributed by atoms with Gasteiger partial charge in [-0.15, -0.1) is 0 Å². The molecule has 2 aromatic heterocycles. The maximum Gasteiger partial charge on any atom is 0.336 e. The molecule has 2 heterocycles. The number of benzene rings is 1. The molecule has 4 nitrogen and oxygen atoms in total. The largest absolute Gasteiger partial charge is 0.497 e. The van der Waals surface area contributed by atoms with Crippen LogP contribution in [0.15, 0.2) is 51.8 Å². The van der Waals surface area contributed by atoms with Crippen LogP contribution in [0.4, 0.5) is 0 Å². The fourth-order valence-electron chi connectivity index (χ4n) is 2.57. The molecule has 0 bridgehead atoms. The molecule has 0 aliphatic rings. The van der Waals surface area contributed by atoms with Gasteiger partial charge in [-0.1, -0.05) is 0 Å². The summed E-state index contributed by atoms with van der Waals surface area (Å²) in [5.74, 6) is 0.673. The van der Waals surface area contributed by atoms with Gasteiger partial charge in [0.05, 0.1) is 7.11 Å². The van der Waals surface area contributed by atoms with Gasteiger partial charge in [0.1, 0.15) is 11.3 Å². The third-order valence-electron chi connectivity index (χ3n) is 3.99. The molecule has 0 spiro atoms. The highest BCUT2D eigenvalue weighted by molar-refractivity contribution is 5.81. The molecule has 4 heteroatoms. The zero-order valence-electron chi connectivity index (χ0n) is 12.9. The molecule has 0 saturated carbocycles. The number of nitrogens with zero attached hydrogens (tertiary/aromatic N) is 1. The van der Waals surface area contributed by atoms with Crippen molar-refractivity contribution in [2.24, 2.45) is 0 Å². The Bertz CT molecular complexity index is 896. The number of methoxy groups -OCH3 is 1. The summed E-state index contributed by atoms with van der Waals surface area (Å²) >= 11 is 0. The summed E-state index contributed by atoms with van der Waals surface area (Å²) in [6, 6.07) is 11.2. The number of fused-ring (bicyclic) bond motifs is 1. The first-order valence-electron chi connectivity index (χ1n) is 7.15. The van der Waals surface area contributed by atoms with Gasteiger partial charge >= 0.3 is 5.63 Å². The Morgan fingerprint density at radius 2 is 2.00 bits per heavy atom. The number of hydrogen-bond acceptors (Lipinski definition) is 3. The van der Waals surface area contributed by atoms with Gasteiger partial charge in [-0.25, -0.2) is 4.79 Å². The van der Waals surface area contributed by atoms with E-state index in [9.17, 15) is 4.79 Å². The summed E-state index contributed by atoms with van der Waals surface area (Å²) in [5, 5.41) is 0.925. The van der Waals surface area contributed by atoms with E-state index in [-0.39, 0.29) is 5.63 Å². The second-order valence-corrected chi connectivity index (χ2v) is 5.36. The smallest absolute Gasteiger partial charge is 0.336 e. The number of pyridine rings is 1. The molecule has 112 valence electrons. The Labute approximate surface area is 128 Å². The van der Waals surface area contributed by atoms with Crippen molar-refractivity contribution in [3.63, 3.8) is 0 Å². The Balaban J connectivity index is 2.14. The van der Waals surface area contributed by atoms with Gasteiger partial charge in [0.15, 0.2) is 18.4 Å². The molecule has 0 fully saturated rings. The van der Waals surface area contributed by atoms with Gasteiger partial charge in [0.25, 0.3) is 0 Å². The molecular formula is C18H18NO3+. The molecule has 0 atom stereocenters. The van der Waals surface area contributed by atoms with Crippen molar-refractivity contribution in [2.75, 3.05) is 7.11 Å². The summed E-state index contributed by atoms with van der Waals surface area (Å²) in [6.45, 7) is 4.78. The number of aryl methyl sites for hydroxylation is 1. The van der Waals surface area contributed by atoms with Crippen molar-refractivity contribution < 1.29 is 13.7 Å². The maximum absolute atomic E-state index is 11.8. The van der Waals surface area contributed by atoms with Gasteiger partial charge in [-0.05, 0) is 25.1 Å². The third kappa shape index (κ3) is 2.60. The average molecular weight is 296 g/mol. The lowest BCUT2D eigenvalue weighted by molar-refractivity contribution is -0.694. The van der Waals surface area contributed by atoms with Crippen molar-refractivity contribution >= 4 is 11.0 Å². The van der Waals surface area contributed by atoms with E-state index in [4.69, 9.17) is 9.15 Å². The molecule has 0 aliphatic heterocycles. The quantitative estimate of drug-likeness (QED) is 0.551. The zero-order chi connectivity index (χ0) is 15.7. The minimum atomic E-state index is -0.346. The monoisotopic (exact) mass is 296 g/mol. The van der Waals surface area contributed by atoms with Crippen molar-refractivity contribution in [1.82, 2.24) is 0 Å². The Hall–Kier alpha value is -2.62. The normalized spacial score (nSPS) is 10.9. The molecule has 0 radical (unpaired) electrons. The first kappa shape index (κ1) is 14.3. The molecule has 1 aromatic carbocycles. The van der Waals surface area contributed by atoms with Crippen molar-refractivity contribution in [3.05, 3.63) is 69.8 Å². The fraction of sp³-hybridized carbons (Fsp3) is 0.222. The van der Waals surface area contributed by atoms with Crippen LogP contribution in [0, 0.1) is 13.8 Å². The van der Waals surface area contributed by atoms with Gasteiger partial charge in [-0.3, -0.25) is 0 Å². The first-order valence-corrected chi connectivity index (χ1v) is 7.15. The van der Waals surface area contributed by atoms with E-state index in [2.05, 4.69) is 24.5 Å². The van der Waals surface area contributed by atoms with Crippen LogP contribution in [-0.2, 0) is 6.54 Å². The van der Waals surface area contributed by atoms with Crippen LogP contribution in [0.2, 0.25) is 0 Å². The highest BCUT2D eigenvalue weighted by Crippen LogP contribution is 2.22. The number of rotatable bonds is 3. The molecular weight excluding hydrogens is 278 g/mol. The van der Waals surface area contributed by atoms with Gasteiger partial charge in [-0.2, -0.15) is 4.57 Å². The van der Waals surface area contributed by atoms with E-state index in [1.165, 1.54) is 11.3 Å². The maximum atomic E-state index is 11.8. The van der Waals surface area contributed by atoms with Crippen LogP contribution in [0.1, 0.15) is 16.8 Å². The summed E-state index contributed by atoms with van der Waals surface area (Å²) in [7, 11) is 1.59. The topological polar surface area (TPSA) is 43.3 Å². The minimum Gasteiger partial charge on any atom is -0.497 e. The molecule has 0 unspecified atom stereocenters. The van der Waals surface area contributed by atoms with Crippen LogP contribution in [0.5, 0.6) is 5.75 Å². The molecule has 0 N–H and O–H groups in total. The standard InChI is InChI=1S/C18H18NO3/c1-12-5-4-8-19(13(12)2)11-14-9-18(20)22-17-10-15(21-3)6-7-16(14)17/h4-10H,11H2,1-3H3/q+1. The number of aromatic nitrogens is 1.